The highest BCUT2D eigenvalue weighted by molar-refractivity contribution is 5.99. The number of nitrogens with zero attached hydrogens (tertiary/aromatic N) is 2. The van der Waals surface area contributed by atoms with Crippen molar-refractivity contribution in [2.75, 3.05) is 11.9 Å². The highest BCUT2D eigenvalue weighted by atomic mass is 16.2. The molecule has 2 amide bonds. The predicted molar refractivity (Wildman–Crippen MR) is 119 cm³/mol. The van der Waals surface area contributed by atoms with Gasteiger partial charge in [-0.05, 0) is 37.6 Å². The smallest absolute Gasteiger partial charge is 0.251 e. The second-order valence-electron chi connectivity index (χ2n) is 8.46. The van der Waals surface area contributed by atoms with Gasteiger partial charge in [0.25, 0.3) is 5.91 Å². The Morgan fingerprint density at radius 2 is 1.67 bits per heavy atom. The zero-order valence-corrected chi connectivity index (χ0v) is 18.1. The molecular weight excluding hydrogens is 376 g/mol. The van der Waals surface area contributed by atoms with E-state index in [1.807, 2.05) is 56.3 Å². The van der Waals surface area contributed by atoms with Gasteiger partial charge in [0.05, 0.1) is 17.9 Å². The van der Waals surface area contributed by atoms with Crippen molar-refractivity contribution in [3.05, 3.63) is 77.0 Å². The lowest BCUT2D eigenvalue weighted by Gasteiger charge is -2.14. The monoisotopic (exact) mass is 404 g/mol. The van der Waals surface area contributed by atoms with Gasteiger partial charge in [-0.2, -0.15) is 5.10 Å². The summed E-state index contributed by atoms with van der Waals surface area (Å²) < 4.78 is 1.75. The van der Waals surface area contributed by atoms with Crippen LogP contribution in [-0.2, 0) is 10.2 Å². The summed E-state index contributed by atoms with van der Waals surface area (Å²) in [5.41, 5.74) is 4.23. The minimum absolute atomic E-state index is 0.128. The predicted octanol–water partition coefficient (Wildman–Crippen LogP) is 4.16. The third-order valence-corrected chi connectivity index (χ3v) is 4.81. The summed E-state index contributed by atoms with van der Waals surface area (Å²) in [5, 5.41) is 10.3. The maximum atomic E-state index is 12.6. The molecule has 1 aromatic heterocycles. The number of nitrogens with one attached hydrogen (secondary N) is 2. The maximum Gasteiger partial charge on any atom is 0.251 e. The quantitative estimate of drug-likeness (QED) is 0.671. The van der Waals surface area contributed by atoms with E-state index in [1.54, 1.807) is 16.8 Å². The van der Waals surface area contributed by atoms with Gasteiger partial charge >= 0.3 is 0 Å². The number of carbonyl (C=O) groups is 2. The molecule has 3 aromatic rings. The van der Waals surface area contributed by atoms with Crippen molar-refractivity contribution in [2.24, 2.45) is 0 Å². The van der Waals surface area contributed by atoms with E-state index in [0.717, 1.165) is 22.5 Å². The van der Waals surface area contributed by atoms with E-state index >= 15 is 0 Å². The molecule has 156 valence electrons. The molecule has 2 N–H and O–H groups in total. The molecule has 0 spiro atoms. The van der Waals surface area contributed by atoms with Gasteiger partial charge in [0.15, 0.2) is 0 Å². The summed E-state index contributed by atoms with van der Waals surface area (Å²) >= 11 is 0. The van der Waals surface area contributed by atoms with Crippen LogP contribution in [0.15, 0.2) is 54.6 Å². The van der Waals surface area contributed by atoms with Crippen molar-refractivity contribution in [3.63, 3.8) is 0 Å². The number of amides is 2. The Labute approximate surface area is 177 Å². The molecule has 30 heavy (non-hydrogen) atoms. The highest BCUT2D eigenvalue weighted by Gasteiger charge is 2.22. The zero-order chi connectivity index (χ0) is 21.9. The van der Waals surface area contributed by atoms with Gasteiger partial charge in [0.2, 0.25) is 5.91 Å². The molecule has 6 heteroatoms. The van der Waals surface area contributed by atoms with E-state index in [9.17, 15) is 9.59 Å². The van der Waals surface area contributed by atoms with Gasteiger partial charge in [-0.1, -0.05) is 56.7 Å². The van der Waals surface area contributed by atoms with Crippen molar-refractivity contribution < 1.29 is 9.59 Å². The van der Waals surface area contributed by atoms with Crippen molar-refractivity contribution in [2.45, 2.75) is 40.0 Å². The summed E-state index contributed by atoms with van der Waals surface area (Å²) in [5.74, 6) is -0.0255. The van der Waals surface area contributed by atoms with Crippen LogP contribution in [0.1, 0.15) is 48.0 Å². The van der Waals surface area contributed by atoms with Crippen molar-refractivity contribution in [1.29, 1.82) is 0 Å². The molecular formula is C24H28N4O2. The number of aryl methyl sites for hydroxylation is 2. The van der Waals surface area contributed by atoms with E-state index < -0.39 is 0 Å². The second kappa shape index (κ2) is 8.53. The number of para-hydroxylation sites is 1. The lowest BCUT2D eigenvalue weighted by atomic mass is 9.92. The number of hydrogen-bond donors (Lipinski definition) is 2. The van der Waals surface area contributed by atoms with Crippen molar-refractivity contribution in [1.82, 2.24) is 15.1 Å². The van der Waals surface area contributed by atoms with Gasteiger partial charge in [0.1, 0.15) is 5.82 Å². The molecule has 0 bridgehead atoms. The molecule has 0 saturated heterocycles. The van der Waals surface area contributed by atoms with E-state index in [1.165, 1.54) is 0 Å². The van der Waals surface area contributed by atoms with Crippen molar-refractivity contribution >= 4 is 17.6 Å². The fourth-order valence-electron chi connectivity index (χ4n) is 2.98. The zero-order valence-electron chi connectivity index (χ0n) is 18.1. The minimum atomic E-state index is -0.314. The van der Waals surface area contributed by atoms with Crippen LogP contribution in [0.2, 0.25) is 0 Å². The Morgan fingerprint density at radius 3 is 2.30 bits per heavy atom. The van der Waals surface area contributed by atoms with Crippen LogP contribution in [0.5, 0.6) is 0 Å². The van der Waals surface area contributed by atoms with E-state index in [0.29, 0.717) is 11.4 Å². The van der Waals surface area contributed by atoms with Gasteiger partial charge in [-0.25, -0.2) is 4.68 Å². The summed E-state index contributed by atoms with van der Waals surface area (Å²) in [4.78, 5) is 24.8. The molecule has 0 aliphatic rings. The molecule has 0 radical (unpaired) electrons. The number of aromatic nitrogens is 2. The first-order valence-electron chi connectivity index (χ1n) is 9.96. The number of benzene rings is 2. The van der Waals surface area contributed by atoms with Crippen LogP contribution in [-0.4, -0.2) is 28.1 Å². The molecule has 0 saturated carbocycles. The normalized spacial score (nSPS) is 11.2. The molecule has 0 unspecified atom stereocenters. The summed E-state index contributed by atoms with van der Waals surface area (Å²) in [7, 11) is 0. The van der Waals surface area contributed by atoms with E-state index in [4.69, 9.17) is 5.10 Å². The number of anilines is 1. The summed E-state index contributed by atoms with van der Waals surface area (Å²) in [6.45, 7) is 10.1. The average molecular weight is 405 g/mol. The Hall–Kier alpha value is -3.41. The average Bonchev–Trinajstić information content (AvgIpc) is 3.11. The molecule has 0 aliphatic heterocycles. The Kier molecular flexibility index (Phi) is 6.06. The van der Waals surface area contributed by atoms with Gasteiger partial charge in [-0.3, -0.25) is 9.59 Å². The van der Waals surface area contributed by atoms with E-state index in [2.05, 4.69) is 31.4 Å². The largest absolute Gasteiger partial charge is 0.343 e. The minimum Gasteiger partial charge on any atom is -0.343 e. The number of carbonyl (C=O) groups excluding carboxylic acids is 2. The fourth-order valence-corrected chi connectivity index (χ4v) is 2.98. The molecule has 2 aromatic carbocycles. The first-order chi connectivity index (χ1) is 14.1. The molecule has 0 aliphatic carbocycles. The topological polar surface area (TPSA) is 76.0 Å². The number of hydrogen-bond acceptors (Lipinski definition) is 3. The standard InChI is InChI=1S/C24H28N4O2/c1-16-10-12-18(13-11-16)23(30)25-15-22(29)26-21-14-20(24(3,4)5)27-28(21)19-9-7-6-8-17(19)2/h6-14H,15H2,1-5H3,(H,25,30)(H,26,29). The van der Waals surface area contributed by atoms with Crippen LogP contribution < -0.4 is 10.6 Å². The lowest BCUT2D eigenvalue weighted by molar-refractivity contribution is -0.115. The Morgan fingerprint density at radius 1 is 1.00 bits per heavy atom. The Bertz CT molecular complexity index is 1060. The van der Waals surface area contributed by atoms with Crippen LogP contribution in [0, 0.1) is 13.8 Å². The van der Waals surface area contributed by atoms with Crippen LogP contribution in [0.25, 0.3) is 5.69 Å². The lowest BCUT2D eigenvalue weighted by Crippen LogP contribution is -2.33. The van der Waals surface area contributed by atoms with Gasteiger partial charge in [-0.15, -0.1) is 0 Å². The van der Waals surface area contributed by atoms with Crippen LogP contribution in [0.3, 0.4) is 0 Å². The summed E-state index contributed by atoms with van der Waals surface area (Å²) in [6.07, 6.45) is 0. The third kappa shape index (κ3) is 4.95. The number of rotatable bonds is 5. The fraction of sp³-hybridized carbons (Fsp3) is 0.292. The summed E-state index contributed by atoms with van der Waals surface area (Å²) in [6, 6.07) is 17.0. The molecule has 0 atom stereocenters. The van der Waals surface area contributed by atoms with E-state index in [-0.39, 0.29) is 23.8 Å². The maximum absolute atomic E-state index is 12.6. The highest BCUT2D eigenvalue weighted by Crippen LogP contribution is 2.27. The third-order valence-electron chi connectivity index (χ3n) is 4.81. The molecule has 3 rings (SSSR count). The van der Waals surface area contributed by atoms with Crippen LogP contribution in [0.4, 0.5) is 5.82 Å². The van der Waals surface area contributed by atoms with Crippen LogP contribution >= 0.6 is 0 Å². The van der Waals surface area contributed by atoms with Gasteiger partial charge < -0.3 is 10.6 Å². The molecule has 6 nitrogen and oxygen atoms in total. The second-order valence-corrected chi connectivity index (χ2v) is 8.46. The first kappa shape index (κ1) is 21.3. The van der Waals surface area contributed by atoms with Crippen molar-refractivity contribution in [3.8, 4) is 5.69 Å². The SMILES string of the molecule is Cc1ccc(C(=O)NCC(=O)Nc2cc(C(C)(C)C)nn2-c2ccccc2C)cc1. The van der Waals surface area contributed by atoms with Gasteiger partial charge in [0, 0.05) is 17.0 Å². The first-order valence-corrected chi connectivity index (χ1v) is 9.96. The molecule has 0 fully saturated rings. The Balaban J connectivity index is 1.77. The molecule has 1 heterocycles.